The highest BCUT2D eigenvalue weighted by molar-refractivity contribution is 5.82. The molecule has 3 rings (SSSR count). The van der Waals surface area contributed by atoms with Crippen molar-refractivity contribution in [1.29, 1.82) is 0 Å². The number of nitrogens with one attached hydrogen (secondary N) is 1. The molecular weight excluding hydrogens is 409 g/mol. The molecule has 0 bridgehead atoms. The number of amides is 1. The van der Waals surface area contributed by atoms with E-state index in [0.29, 0.717) is 6.42 Å². The first-order chi connectivity index (χ1) is 14.5. The third-order valence-electron chi connectivity index (χ3n) is 5.17. The first-order valence-corrected chi connectivity index (χ1v) is 10.1. The zero-order valence-electron chi connectivity index (χ0n) is 17.4. The fourth-order valence-electron chi connectivity index (χ4n) is 3.83. The first kappa shape index (κ1) is 23.2. The highest BCUT2D eigenvalue weighted by Crippen LogP contribution is 2.33. The van der Waals surface area contributed by atoms with Gasteiger partial charge in [0.15, 0.2) is 5.79 Å². The molecule has 0 aliphatic carbocycles. The number of carbonyl (C=O) groups excluding carboxylic acids is 1. The molecule has 1 heterocycles. The van der Waals surface area contributed by atoms with Crippen LogP contribution in [-0.2, 0) is 27.1 Å². The quantitative estimate of drug-likeness (QED) is 0.698. The molecule has 0 aromatic heterocycles. The number of alkyl halides is 3. The minimum atomic E-state index is -5.01. The molecule has 1 aliphatic heterocycles. The Morgan fingerprint density at radius 2 is 1.45 bits per heavy atom. The second kappa shape index (κ2) is 9.38. The van der Waals surface area contributed by atoms with Crippen LogP contribution in [0.1, 0.15) is 25.0 Å². The Labute approximate surface area is 179 Å². The number of ether oxygens (including phenoxy) is 2. The van der Waals surface area contributed by atoms with E-state index >= 15 is 0 Å². The van der Waals surface area contributed by atoms with Gasteiger partial charge in [-0.3, -0.25) is 4.79 Å². The van der Waals surface area contributed by atoms with Gasteiger partial charge in [-0.15, -0.1) is 0 Å². The van der Waals surface area contributed by atoms with E-state index in [2.05, 4.69) is 5.32 Å². The third kappa shape index (κ3) is 6.29. The third-order valence-corrected chi connectivity index (χ3v) is 5.17. The maximum absolute atomic E-state index is 13.0. The van der Waals surface area contributed by atoms with Crippen molar-refractivity contribution in [3.8, 4) is 0 Å². The highest BCUT2D eigenvalue weighted by atomic mass is 19.4. The summed E-state index contributed by atoms with van der Waals surface area (Å²) in [7, 11) is 0. The molecule has 1 saturated heterocycles. The smallest absolute Gasteiger partial charge is 0.343 e. The predicted octanol–water partition coefficient (Wildman–Crippen LogP) is 3.37. The van der Waals surface area contributed by atoms with Crippen LogP contribution in [0.5, 0.6) is 0 Å². The Kier molecular flexibility index (Phi) is 7.03. The summed E-state index contributed by atoms with van der Waals surface area (Å²) >= 11 is 0. The van der Waals surface area contributed by atoms with Crippen LogP contribution < -0.4 is 11.1 Å². The first-order valence-electron chi connectivity index (χ1n) is 10.1. The highest BCUT2D eigenvalue weighted by Gasteiger charge is 2.49. The van der Waals surface area contributed by atoms with Crippen molar-refractivity contribution in [2.75, 3.05) is 0 Å². The zero-order valence-corrected chi connectivity index (χ0v) is 17.4. The lowest BCUT2D eigenvalue weighted by atomic mass is 9.91. The molecule has 1 aliphatic rings. The molecule has 5 nitrogen and oxygen atoms in total. The van der Waals surface area contributed by atoms with Crippen molar-refractivity contribution < 1.29 is 27.4 Å². The molecule has 4 atom stereocenters. The van der Waals surface area contributed by atoms with Gasteiger partial charge in [0.25, 0.3) is 0 Å². The van der Waals surface area contributed by atoms with E-state index in [9.17, 15) is 18.0 Å². The molecule has 2 aromatic carbocycles. The van der Waals surface area contributed by atoms with E-state index in [1.165, 1.54) is 0 Å². The topological polar surface area (TPSA) is 73.6 Å². The fraction of sp³-hybridized carbons (Fsp3) is 0.435. The lowest BCUT2D eigenvalue weighted by molar-refractivity contribution is -0.176. The van der Waals surface area contributed by atoms with Gasteiger partial charge in [0, 0.05) is 6.04 Å². The number of halogens is 3. The van der Waals surface area contributed by atoms with E-state index in [-0.39, 0.29) is 6.42 Å². The van der Waals surface area contributed by atoms with E-state index in [4.69, 9.17) is 15.2 Å². The average Bonchev–Trinajstić information content (AvgIpc) is 3.04. The second-order valence-electron chi connectivity index (χ2n) is 8.19. The van der Waals surface area contributed by atoms with E-state index in [0.717, 1.165) is 11.1 Å². The summed E-state index contributed by atoms with van der Waals surface area (Å²) < 4.78 is 51.1. The predicted molar refractivity (Wildman–Crippen MR) is 110 cm³/mol. The number of hydrogen-bond donors (Lipinski definition) is 2. The van der Waals surface area contributed by atoms with Crippen LogP contribution in [0, 0.1) is 0 Å². The van der Waals surface area contributed by atoms with Crippen molar-refractivity contribution in [3.63, 3.8) is 0 Å². The van der Waals surface area contributed by atoms with Gasteiger partial charge in [0.1, 0.15) is 12.2 Å². The van der Waals surface area contributed by atoms with Crippen molar-refractivity contribution in [3.05, 3.63) is 71.8 Å². The molecule has 1 fully saturated rings. The molecule has 0 unspecified atom stereocenters. The van der Waals surface area contributed by atoms with Crippen LogP contribution in [0.3, 0.4) is 0 Å². The molecule has 31 heavy (non-hydrogen) atoms. The van der Waals surface area contributed by atoms with Crippen molar-refractivity contribution in [2.24, 2.45) is 5.73 Å². The number of rotatable bonds is 7. The van der Waals surface area contributed by atoms with Crippen molar-refractivity contribution in [2.45, 2.75) is 62.9 Å². The maximum Gasteiger partial charge on any atom is 0.471 e. The number of carbonyl (C=O) groups is 1. The van der Waals surface area contributed by atoms with Gasteiger partial charge >= 0.3 is 12.1 Å². The Morgan fingerprint density at radius 1 is 0.968 bits per heavy atom. The van der Waals surface area contributed by atoms with Crippen LogP contribution in [0.2, 0.25) is 0 Å². The summed E-state index contributed by atoms with van der Waals surface area (Å²) in [5.74, 6) is -3.07. The van der Waals surface area contributed by atoms with Crippen molar-refractivity contribution >= 4 is 5.91 Å². The lowest BCUT2D eigenvalue weighted by Crippen LogP contribution is -2.56. The van der Waals surface area contributed by atoms with E-state index in [1.54, 1.807) is 38.1 Å². The lowest BCUT2D eigenvalue weighted by Gasteiger charge is -2.30. The monoisotopic (exact) mass is 436 g/mol. The summed E-state index contributed by atoms with van der Waals surface area (Å²) in [5.41, 5.74) is 8.17. The Balaban J connectivity index is 1.86. The Hall–Kier alpha value is -2.42. The van der Waals surface area contributed by atoms with Gasteiger partial charge in [0.05, 0.1) is 6.04 Å². The number of hydrogen-bond acceptors (Lipinski definition) is 4. The van der Waals surface area contributed by atoms with Gasteiger partial charge in [-0.1, -0.05) is 60.7 Å². The standard InChI is InChI=1S/C23H27F3N2O3/c1-22(2)30-19(17(27)13-15-9-5-3-6-10-15)20(31-22)18(28-21(29)23(24,25)26)14-16-11-7-4-8-12-16/h3-12,17-20H,13-14,27H2,1-2H3,(H,28,29)/t17-,18-,19+,20+/m1/s1. The van der Waals surface area contributed by atoms with Gasteiger partial charge in [-0.25, -0.2) is 0 Å². The maximum atomic E-state index is 13.0. The summed E-state index contributed by atoms with van der Waals surface area (Å²) in [6, 6.07) is 16.9. The summed E-state index contributed by atoms with van der Waals surface area (Å²) in [6.45, 7) is 3.36. The average molecular weight is 436 g/mol. The summed E-state index contributed by atoms with van der Waals surface area (Å²) in [6.07, 6.45) is -5.99. The van der Waals surface area contributed by atoms with E-state index < -0.39 is 42.2 Å². The normalized spacial score (nSPS) is 22.6. The fourth-order valence-corrected chi connectivity index (χ4v) is 3.83. The van der Waals surface area contributed by atoms with Crippen molar-refractivity contribution in [1.82, 2.24) is 5.32 Å². The molecule has 0 saturated carbocycles. The molecule has 168 valence electrons. The van der Waals surface area contributed by atoms with E-state index in [1.807, 2.05) is 36.4 Å². The number of benzene rings is 2. The molecule has 1 amide bonds. The molecular formula is C23H27F3N2O3. The van der Waals surface area contributed by atoms with Crippen LogP contribution in [0.25, 0.3) is 0 Å². The minimum absolute atomic E-state index is 0.140. The largest absolute Gasteiger partial charge is 0.471 e. The minimum Gasteiger partial charge on any atom is -0.343 e. The van der Waals surface area contributed by atoms with Gasteiger partial charge in [-0.2, -0.15) is 13.2 Å². The molecule has 2 aromatic rings. The molecule has 3 N–H and O–H groups in total. The molecule has 0 spiro atoms. The molecule has 0 radical (unpaired) electrons. The number of nitrogens with two attached hydrogens (primary N) is 1. The zero-order chi connectivity index (χ0) is 22.6. The van der Waals surface area contributed by atoms with Crippen LogP contribution >= 0.6 is 0 Å². The SMILES string of the molecule is CC1(C)O[C@@H]([C@H](N)Cc2ccccc2)[C@H]([C@@H](Cc2ccccc2)NC(=O)C(F)(F)F)O1. The van der Waals surface area contributed by atoms with Gasteiger partial charge in [-0.05, 0) is 37.8 Å². The van der Waals surface area contributed by atoms with Crippen LogP contribution in [0.4, 0.5) is 13.2 Å². The van der Waals surface area contributed by atoms with Gasteiger partial charge < -0.3 is 20.5 Å². The van der Waals surface area contributed by atoms with Crippen LogP contribution in [-0.4, -0.2) is 42.2 Å². The van der Waals surface area contributed by atoms with Gasteiger partial charge in [0.2, 0.25) is 0 Å². The Morgan fingerprint density at radius 3 is 1.97 bits per heavy atom. The second-order valence-corrected chi connectivity index (χ2v) is 8.19. The summed E-state index contributed by atoms with van der Waals surface area (Å²) in [4.78, 5) is 11.8. The Bertz CT molecular complexity index is 859. The molecule has 8 heteroatoms. The van der Waals surface area contributed by atoms with Crippen LogP contribution in [0.15, 0.2) is 60.7 Å². The summed E-state index contributed by atoms with van der Waals surface area (Å²) in [5, 5.41) is 2.11.